The van der Waals surface area contributed by atoms with Crippen LogP contribution in [0, 0.1) is 0 Å². The molecule has 184 valence electrons. The third kappa shape index (κ3) is 6.69. The van der Waals surface area contributed by atoms with Gasteiger partial charge in [-0.15, -0.1) is 0 Å². The van der Waals surface area contributed by atoms with E-state index in [1.165, 1.54) is 5.56 Å². The molecule has 1 aromatic carbocycles. The van der Waals surface area contributed by atoms with Crippen LogP contribution < -0.4 is 15.8 Å². The van der Waals surface area contributed by atoms with Crippen LogP contribution in [0.5, 0.6) is 5.75 Å². The number of rotatable bonds is 12. The van der Waals surface area contributed by atoms with Gasteiger partial charge in [-0.2, -0.15) is 5.10 Å². The van der Waals surface area contributed by atoms with Gasteiger partial charge in [-0.1, -0.05) is 18.5 Å². The Bertz CT molecular complexity index is 1230. The molecule has 0 aliphatic heterocycles. The summed E-state index contributed by atoms with van der Waals surface area (Å²) in [4.78, 5) is 11.0. The van der Waals surface area contributed by atoms with Gasteiger partial charge in [-0.3, -0.25) is 9.88 Å². The molecule has 35 heavy (non-hydrogen) atoms. The summed E-state index contributed by atoms with van der Waals surface area (Å²) in [5.41, 5.74) is 9.89. The minimum atomic E-state index is 0.229. The minimum Gasteiger partial charge on any atom is -0.487 e. The molecule has 1 unspecified atom stereocenters. The number of hydrogen-bond donors (Lipinski definition) is 2. The minimum absolute atomic E-state index is 0.229. The lowest BCUT2D eigenvalue weighted by Gasteiger charge is -2.21. The van der Waals surface area contributed by atoms with E-state index in [9.17, 15) is 0 Å². The SMILES string of the molecule is CCN(CCCC(C)N)Cc1ccn2ncnc(Nc3ccc(OCc4ccncc4)c(Cl)c3)c12. The van der Waals surface area contributed by atoms with Crippen molar-refractivity contribution in [1.29, 1.82) is 0 Å². The molecule has 8 nitrogen and oxygen atoms in total. The summed E-state index contributed by atoms with van der Waals surface area (Å²) in [6.07, 6.45) is 9.10. The van der Waals surface area contributed by atoms with Crippen molar-refractivity contribution < 1.29 is 4.74 Å². The highest BCUT2D eigenvalue weighted by molar-refractivity contribution is 6.32. The van der Waals surface area contributed by atoms with Crippen LogP contribution >= 0.6 is 11.6 Å². The van der Waals surface area contributed by atoms with Crippen molar-refractivity contribution in [2.75, 3.05) is 18.4 Å². The van der Waals surface area contributed by atoms with Gasteiger partial charge < -0.3 is 15.8 Å². The fourth-order valence-corrected chi connectivity index (χ4v) is 4.17. The molecule has 0 aliphatic rings. The Labute approximate surface area is 211 Å². The largest absolute Gasteiger partial charge is 0.487 e. The molecule has 3 heterocycles. The average Bonchev–Trinajstić information content (AvgIpc) is 3.27. The van der Waals surface area contributed by atoms with Crippen LogP contribution in [-0.2, 0) is 13.2 Å². The van der Waals surface area contributed by atoms with E-state index in [0.29, 0.717) is 17.4 Å². The number of nitrogens with two attached hydrogens (primary N) is 1. The van der Waals surface area contributed by atoms with E-state index in [1.807, 2.05) is 41.0 Å². The summed E-state index contributed by atoms with van der Waals surface area (Å²) in [5.74, 6) is 1.35. The summed E-state index contributed by atoms with van der Waals surface area (Å²) in [7, 11) is 0. The second kappa shape index (κ2) is 12.0. The Morgan fingerprint density at radius 1 is 1.20 bits per heavy atom. The zero-order chi connectivity index (χ0) is 24.6. The Kier molecular flexibility index (Phi) is 8.52. The lowest BCUT2D eigenvalue weighted by molar-refractivity contribution is 0.272. The first-order valence-electron chi connectivity index (χ1n) is 11.9. The molecule has 0 spiro atoms. The van der Waals surface area contributed by atoms with Crippen LogP contribution in [0.3, 0.4) is 0 Å². The highest BCUT2D eigenvalue weighted by atomic mass is 35.5. The highest BCUT2D eigenvalue weighted by Gasteiger charge is 2.14. The number of pyridine rings is 1. The van der Waals surface area contributed by atoms with Crippen LogP contribution in [0.1, 0.15) is 37.8 Å². The van der Waals surface area contributed by atoms with Crippen molar-refractivity contribution >= 4 is 28.6 Å². The number of fused-ring (bicyclic) bond motifs is 1. The Morgan fingerprint density at radius 3 is 2.77 bits per heavy atom. The lowest BCUT2D eigenvalue weighted by Crippen LogP contribution is -2.26. The quantitative estimate of drug-likeness (QED) is 0.285. The number of ether oxygens (including phenoxy) is 1. The maximum absolute atomic E-state index is 6.52. The van der Waals surface area contributed by atoms with Crippen molar-refractivity contribution in [3.8, 4) is 5.75 Å². The first kappa shape index (κ1) is 24.9. The third-order valence-electron chi connectivity index (χ3n) is 5.85. The van der Waals surface area contributed by atoms with Gasteiger partial charge >= 0.3 is 0 Å². The second-order valence-corrected chi connectivity index (χ2v) is 9.05. The molecule has 9 heteroatoms. The number of nitrogens with zero attached hydrogens (tertiary/aromatic N) is 5. The molecule has 0 bridgehead atoms. The molecule has 0 amide bonds. The Balaban J connectivity index is 1.48. The van der Waals surface area contributed by atoms with Gasteiger partial charge in [-0.25, -0.2) is 9.50 Å². The van der Waals surface area contributed by atoms with Crippen LogP contribution in [0.25, 0.3) is 5.52 Å². The van der Waals surface area contributed by atoms with Gasteiger partial charge in [0.2, 0.25) is 0 Å². The fraction of sp³-hybridized carbons (Fsp3) is 0.346. The topological polar surface area (TPSA) is 93.6 Å². The van der Waals surface area contributed by atoms with Crippen LogP contribution in [-0.4, -0.2) is 43.6 Å². The maximum Gasteiger partial charge on any atom is 0.158 e. The van der Waals surface area contributed by atoms with E-state index < -0.39 is 0 Å². The zero-order valence-electron chi connectivity index (χ0n) is 20.2. The van der Waals surface area contributed by atoms with Crippen molar-refractivity contribution in [3.05, 3.63) is 77.5 Å². The number of halogens is 1. The number of anilines is 2. The molecular weight excluding hydrogens is 462 g/mol. The van der Waals surface area contributed by atoms with Crippen LogP contribution in [0.15, 0.2) is 61.3 Å². The van der Waals surface area contributed by atoms with Crippen LogP contribution in [0.2, 0.25) is 5.02 Å². The predicted octanol–water partition coefficient (Wildman–Crippen LogP) is 5.05. The zero-order valence-corrected chi connectivity index (χ0v) is 20.9. The number of aromatic nitrogens is 4. The Morgan fingerprint density at radius 2 is 2.03 bits per heavy atom. The molecule has 0 saturated heterocycles. The molecule has 0 saturated carbocycles. The van der Waals surface area contributed by atoms with Gasteiger partial charge in [0.15, 0.2) is 5.82 Å². The summed E-state index contributed by atoms with van der Waals surface area (Å²) >= 11 is 6.52. The number of nitrogens with one attached hydrogen (secondary N) is 1. The van der Waals surface area contributed by atoms with E-state index in [0.717, 1.165) is 55.1 Å². The van der Waals surface area contributed by atoms with Gasteiger partial charge in [0, 0.05) is 36.9 Å². The molecule has 3 N–H and O–H groups in total. The van der Waals surface area contributed by atoms with Crippen molar-refractivity contribution in [3.63, 3.8) is 0 Å². The monoisotopic (exact) mass is 493 g/mol. The van der Waals surface area contributed by atoms with Crippen LogP contribution in [0.4, 0.5) is 11.5 Å². The summed E-state index contributed by atoms with van der Waals surface area (Å²) in [6, 6.07) is 11.8. The normalized spacial score (nSPS) is 12.3. The van der Waals surface area contributed by atoms with Crippen molar-refractivity contribution in [2.24, 2.45) is 5.73 Å². The maximum atomic E-state index is 6.52. The summed E-state index contributed by atoms with van der Waals surface area (Å²) in [5, 5.41) is 8.32. The Hall–Kier alpha value is -3.20. The predicted molar refractivity (Wildman–Crippen MR) is 140 cm³/mol. The smallest absolute Gasteiger partial charge is 0.158 e. The first-order valence-corrected chi connectivity index (χ1v) is 12.3. The van der Waals surface area contributed by atoms with Gasteiger partial charge in [-0.05, 0) is 80.4 Å². The van der Waals surface area contributed by atoms with Gasteiger partial charge in [0.1, 0.15) is 24.2 Å². The molecule has 0 fully saturated rings. The molecule has 4 aromatic rings. The summed E-state index contributed by atoms with van der Waals surface area (Å²) < 4.78 is 7.73. The van der Waals surface area contributed by atoms with E-state index in [-0.39, 0.29) is 6.04 Å². The fourth-order valence-electron chi connectivity index (χ4n) is 3.94. The van der Waals surface area contributed by atoms with E-state index >= 15 is 0 Å². The lowest BCUT2D eigenvalue weighted by atomic mass is 10.2. The molecule has 3 aromatic heterocycles. The van der Waals surface area contributed by atoms with E-state index in [2.05, 4.69) is 45.2 Å². The third-order valence-corrected chi connectivity index (χ3v) is 6.15. The second-order valence-electron chi connectivity index (χ2n) is 8.65. The van der Waals surface area contributed by atoms with E-state index in [1.54, 1.807) is 18.7 Å². The molecule has 0 radical (unpaired) electrons. The van der Waals surface area contributed by atoms with Gasteiger partial charge in [0.25, 0.3) is 0 Å². The molecule has 4 rings (SSSR count). The standard InChI is InChI=1S/C26H32ClN7O/c1-3-33(13-4-5-19(2)28)16-21-10-14-34-25(21)26(30-18-31-34)32-22-6-7-24(23(27)15-22)35-17-20-8-11-29-12-9-20/h6-12,14-15,18-19H,3-5,13,16-17,28H2,1-2H3,(H,30,31,32). The molecular formula is C26H32ClN7O. The van der Waals surface area contributed by atoms with Crippen molar-refractivity contribution in [2.45, 2.75) is 45.9 Å². The van der Waals surface area contributed by atoms with Gasteiger partial charge in [0.05, 0.1) is 5.02 Å². The number of benzene rings is 1. The average molecular weight is 494 g/mol. The highest BCUT2D eigenvalue weighted by Crippen LogP contribution is 2.31. The van der Waals surface area contributed by atoms with Crippen molar-refractivity contribution in [1.82, 2.24) is 24.5 Å². The number of hydrogen-bond acceptors (Lipinski definition) is 7. The molecule has 1 atom stereocenters. The molecule has 0 aliphatic carbocycles. The van der Waals surface area contributed by atoms with E-state index in [4.69, 9.17) is 22.1 Å². The summed E-state index contributed by atoms with van der Waals surface area (Å²) in [6.45, 7) is 7.44. The first-order chi connectivity index (χ1) is 17.0.